The van der Waals surface area contributed by atoms with Gasteiger partial charge in [-0.3, -0.25) is 13.9 Å². The van der Waals surface area contributed by atoms with Gasteiger partial charge in [-0.15, -0.1) is 0 Å². The average molecular weight is 731 g/mol. The maximum atomic E-state index is 14.8. The van der Waals surface area contributed by atoms with E-state index in [-0.39, 0.29) is 44.4 Å². The number of benzene rings is 4. The Morgan fingerprint density at radius 3 is 2.08 bits per heavy atom. The minimum Gasteiger partial charge on any atom is -0.495 e. The van der Waals surface area contributed by atoms with E-state index in [1.165, 1.54) is 36.3 Å². The molecule has 0 spiro atoms. The predicted octanol–water partition coefficient (Wildman–Crippen LogP) is 7.71. The van der Waals surface area contributed by atoms with Crippen LogP contribution in [0, 0.1) is 6.92 Å². The first-order valence-corrected chi connectivity index (χ1v) is 17.7. The molecule has 48 heavy (non-hydrogen) atoms. The number of amides is 2. The van der Waals surface area contributed by atoms with Gasteiger partial charge in [0.25, 0.3) is 10.0 Å². The van der Waals surface area contributed by atoms with Gasteiger partial charge in [0.1, 0.15) is 18.3 Å². The number of methoxy groups -OCH3 is 1. The van der Waals surface area contributed by atoms with E-state index in [9.17, 15) is 18.0 Å². The van der Waals surface area contributed by atoms with E-state index in [1.54, 1.807) is 36.4 Å². The Bertz CT molecular complexity index is 1840. The van der Waals surface area contributed by atoms with Crippen molar-refractivity contribution in [3.63, 3.8) is 0 Å². The van der Waals surface area contributed by atoms with Gasteiger partial charge in [-0.2, -0.15) is 0 Å². The van der Waals surface area contributed by atoms with Crippen LogP contribution in [0.4, 0.5) is 5.69 Å². The molecule has 0 aliphatic carbocycles. The zero-order valence-electron chi connectivity index (χ0n) is 27.3. The summed E-state index contributed by atoms with van der Waals surface area (Å²) in [6.45, 7) is 6.46. The lowest BCUT2D eigenvalue weighted by molar-refractivity contribution is -0.140. The number of anilines is 1. The Morgan fingerprint density at radius 1 is 0.875 bits per heavy atom. The van der Waals surface area contributed by atoms with Crippen molar-refractivity contribution in [1.29, 1.82) is 0 Å². The highest BCUT2D eigenvalue weighted by Crippen LogP contribution is 2.36. The van der Waals surface area contributed by atoms with Gasteiger partial charge >= 0.3 is 0 Å². The number of rotatable bonds is 12. The summed E-state index contributed by atoms with van der Waals surface area (Å²) < 4.78 is 35.2. The van der Waals surface area contributed by atoms with Gasteiger partial charge in [0.2, 0.25) is 11.8 Å². The van der Waals surface area contributed by atoms with Crippen molar-refractivity contribution in [2.24, 2.45) is 0 Å². The topological polar surface area (TPSA) is 96.0 Å². The molecule has 0 fully saturated rings. The van der Waals surface area contributed by atoms with Crippen LogP contribution >= 0.6 is 34.8 Å². The highest BCUT2D eigenvalue weighted by atomic mass is 35.5. The lowest BCUT2D eigenvalue weighted by Crippen LogP contribution is -2.56. The number of hydrogen-bond donors (Lipinski definition) is 1. The second kappa shape index (κ2) is 15.6. The van der Waals surface area contributed by atoms with Crippen LogP contribution in [-0.2, 0) is 32.6 Å². The summed E-state index contributed by atoms with van der Waals surface area (Å²) in [5, 5.41) is 3.80. The van der Waals surface area contributed by atoms with Gasteiger partial charge in [0.05, 0.1) is 17.7 Å². The zero-order valence-corrected chi connectivity index (χ0v) is 30.4. The fraction of sp³-hybridized carbons (Fsp3) is 0.278. The molecule has 0 saturated carbocycles. The number of ether oxygens (including phenoxy) is 1. The number of hydrogen-bond acceptors (Lipinski definition) is 5. The fourth-order valence-corrected chi connectivity index (χ4v) is 7.17. The smallest absolute Gasteiger partial charge is 0.264 e. The van der Waals surface area contributed by atoms with Crippen molar-refractivity contribution >= 4 is 62.3 Å². The van der Waals surface area contributed by atoms with Crippen LogP contribution in [-0.4, -0.2) is 50.4 Å². The average Bonchev–Trinajstić information content (AvgIpc) is 3.02. The van der Waals surface area contributed by atoms with Gasteiger partial charge in [0, 0.05) is 39.1 Å². The molecular formula is C36H38Cl3N3O5S. The molecule has 1 unspecified atom stereocenters. The molecule has 8 nitrogen and oxygen atoms in total. The highest BCUT2D eigenvalue weighted by molar-refractivity contribution is 7.92. The molecule has 254 valence electrons. The van der Waals surface area contributed by atoms with Crippen LogP contribution < -0.4 is 14.4 Å². The van der Waals surface area contributed by atoms with Crippen LogP contribution in [0.5, 0.6) is 5.75 Å². The number of nitrogens with zero attached hydrogens (tertiary/aromatic N) is 2. The Morgan fingerprint density at radius 2 is 1.50 bits per heavy atom. The maximum absolute atomic E-state index is 14.8. The molecule has 1 N–H and O–H groups in total. The molecule has 0 heterocycles. The SMILES string of the molecule is COc1ccc(Cl)cc1N(CC(=O)N(Cc1c(Cl)cccc1Cl)C(Cc1ccccc1)C(=O)NC(C)(C)C)S(=O)(=O)c1ccc(C)cc1. The van der Waals surface area contributed by atoms with Crippen molar-refractivity contribution in [2.45, 2.75) is 57.1 Å². The zero-order chi connectivity index (χ0) is 35.2. The second-order valence-corrected chi connectivity index (χ2v) is 15.4. The number of halogens is 3. The maximum Gasteiger partial charge on any atom is 0.264 e. The van der Waals surface area contributed by atoms with Crippen LogP contribution in [0.25, 0.3) is 0 Å². The molecule has 0 aliphatic rings. The minimum atomic E-state index is -4.38. The van der Waals surface area contributed by atoms with Gasteiger partial charge in [-0.25, -0.2) is 8.42 Å². The van der Waals surface area contributed by atoms with E-state index >= 15 is 0 Å². The first-order chi connectivity index (χ1) is 22.6. The normalized spacial score (nSPS) is 12.2. The van der Waals surface area contributed by atoms with Gasteiger partial charge < -0.3 is 15.0 Å². The molecule has 0 radical (unpaired) electrons. The van der Waals surface area contributed by atoms with Crippen LogP contribution in [0.2, 0.25) is 15.1 Å². The van der Waals surface area contributed by atoms with E-state index in [4.69, 9.17) is 39.5 Å². The van der Waals surface area contributed by atoms with E-state index < -0.39 is 40.0 Å². The van der Waals surface area contributed by atoms with E-state index in [1.807, 2.05) is 58.0 Å². The molecular weight excluding hydrogens is 693 g/mol. The second-order valence-electron chi connectivity index (χ2n) is 12.3. The molecule has 0 saturated heterocycles. The minimum absolute atomic E-state index is 0.0464. The van der Waals surface area contributed by atoms with E-state index in [0.29, 0.717) is 5.56 Å². The molecule has 0 aromatic heterocycles. The number of carbonyl (C=O) groups excluding carboxylic acids is 2. The molecule has 0 aliphatic heterocycles. The van der Waals surface area contributed by atoms with Crippen molar-refractivity contribution in [3.05, 3.63) is 123 Å². The molecule has 4 aromatic carbocycles. The molecule has 2 amide bonds. The van der Waals surface area contributed by atoms with Gasteiger partial charge in [0.15, 0.2) is 0 Å². The summed E-state index contributed by atoms with van der Waals surface area (Å²) >= 11 is 19.6. The fourth-order valence-electron chi connectivity index (χ4n) is 5.07. The van der Waals surface area contributed by atoms with Crippen molar-refractivity contribution in [3.8, 4) is 5.75 Å². The largest absolute Gasteiger partial charge is 0.495 e. The van der Waals surface area contributed by atoms with Crippen molar-refractivity contribution < 1.29 is 22.7 Å². The lowest BCUT2D eigenvalue weighted by atomic mass is 10.0. The Balaban J connectivity index is 1.90. The van der Waals surface area contributed by atoms with Gasteiger partial charge in [-0.05, 0) is 75.7 Å². The Hall–Kier alpha value is -3.76. The molecule has 12 heteroatoms. The van der Waals surface area contributed by atoms with Gasteiger partial charge in [-0.1, -0.05) is 88.9 Å². The molecule has 1 atom stereocenters. The third-order valence-electron chi connectivity index (χ3n) is 7.46. The quantitative estimate of drug-likeness (QED) is 0.161. The van der Waals surface area contributed by atoms with E-state index in [2.05, 4.69) is 5.32 Å². The Labute approximate surface area is 297 Å². The number of nitrogens with one attached hydrogen (secondary N) is 1. The number of sulfonamides is 1. The molecule has 4 rings (SSSR count). The highest BCUT2D eigenvalue weighted by Gasteiger charge is 2.37. The monoisotopic (exact) mass is 729 g/mol. The Kier molecular flexibility index (Phi) is 12.1. The van der Waals surface area contributed by atoms with Crippen LogP contribution in [0.15, 0.2) is 95.9 Å². The predicted molar refractivity (Wildman–Crippen MR) is 193 cm³/mol. The van der Waals surface area contributed by atoms with Crippen molar-refractivity contribution in [2.75, 3.05) is 18.0 Å². The summed E-state index contributed by atoms with van der Waals surface area (Å²) in [6.07, 6.45) is 0.127. The molecule has 0 bridgehead atoms. The third kappa shape index (κ3) is 9.23. The van der Waals surface area contributed by atoms with Crippen molar-refractivity contribution in [1.82, 2.24) is 10.2 Å². The summed E-state index contributed by atoms with van der Waals surface area (Å²) in [7, 11) is -2.98. The summed E-state index contributed by atoms with van der Waals surface area (Å²) in [5.74, 6) is -0.945. The van der Waals surface area contributed by atoms with Crippen LogP contribution in [0.3, 0.4) is 0 Å². The first-order valence-electron chi connectivity index (χ1n) is 15.1. The number of carbonyl (C=O) groups is 2. The lowest BCUT2D eigenvalue weighted by Gasteiger charge is -2.35. The standard InChI is InChI=1S/C36H38Cl3N3O5S/c1-24-14-17-27(18-15-24)48(45,46)42(31-21-26(37)16-19-33(31)47-5)23-34(43)41(22-28-29(38)12-9-13-30(28)39)32(35(44)40-36(2,3)4)20-25-10-7-6-8-11-25/h6-19,21,32H,20,22-23H2,1-5H3,(H,40,44). The van der Waals surface area contributed by atoms with Crippen LogP contribution in [0.1, 0.15) is 37.5 Å². The first kappa shape index (κ1) is 37.1. The third-order valence-corrected chi connectivity index (χ3v) is 10.2. The summed E-state index contributed by atoms with van der Waals surface area (Å²) in [4.78, 5) is 30.1. The van der Waals surface area contributed by atoms with E-state index in [0.717, 1.165) is 15.4 Å². The molecule has 4 aromatic rings. The summed E-state index contributed by atoms with van der Waals surface area (Å²) in [6, 6.07) is 23.9. The number of aryl methyl sites for hydroxylation is 1. The summed E-state index contributed by atoms with van der Waals surface area (Å²) in [5.41, 5.74) is 1.46.